The summed E-state index contributed by atoms with van der Waals surface area (Å²) < 4.78 is 16.3. The van der Waals surface area contributed by atoms with Gasteiger partial charge in [0, 0.05) is 12.5 Å². The third-order valence-electron chi connectivity index (χ3n) is 2.27. The van der Waals surface area contributed by atoms with Gasteiger partial charge in [-0.3, -0.25) is 0 Å². The minimum absolute atomic E-state index is 0.708. The van der Waals surface area contributed by atoms with Crippen LogP contribution < -0.4 is 14.2 Å². The number of methoxy groups -OCH3 is 1. The fraction of sp³-hybridized carbons (Fsp3) is 0.455. The predicted octanol–water partition coefficient (Wildman–Crippen LogP) is 2.16. The third kappa shape index (κ3) is 1.62. The lowest BCUT2D eigenvalue weighted by Crippen LogP contribution is -1.97. The van der Waals surface area contributed by atoms with E-state index in [1.165, 1.54) is 0 Å². The van der Waals surface area contributed by atoms with E-state index >= 15 is 0 Å². The lowest BCUT2D eigenvalue weighted by Gasteiger charge is -2.11. The van der Waals surface area contributed by atoms with Crippen LogP contribution in [-0.4, -0.2) is 20.3 Å². The molecular formula is C11H14O3. The van der Waals surface area contributed by atoms with E-state index in [9.17, 15) is 0 Å². The van der Waals surface area contributed by atoms with Crippen molar-refractivity contribution < 1.29 is 14.2 Å². The van der Waals surface area contributed by atoms with Crippen molar-refractivity contribution in [1.82, 2.24) is 0 Å². The Hall–Kier alpha value is -1.38. The maximum absolute atomic E-state index is 5.55. The second kappa shape index (κ2) is 3.78. The Balaban J connectivity index is 2.41. The van der Waals surface area contributed by atoms with Crippen molar-refractivity contribution >= 4 is 0 Å². The zero-order chi connectivity index (χ0) is 9.97. The maximum atomic E-state index is 5.55. The molecule has 0 radical (unpaired) electrons. The molecule has 14 heavy (non-hydrogen) atoms. The number of aryl methyl sites for hydroxylation is 1. The lowest BCUT2D eigenvalue weighted by molar-refractivity contribution is 0.296. The van der Waals surface area contributed by atoms with Crippen LogP contribution in [0, 0.1) is 6.92 Å². The van der Waals surface area contributed by atoms with Crippen LogP contribution in [0.3, 0.4) is 0 Å². The molecule has 76 valence electrons. The fourth-order valence-corrected chi connectivity index (χ4v) is 1.51. The number of hydrogen-bond donors (Lipinski definition) is 0. The van der Waals surface area contributed by atoms with Gasteiger partial charge in [-0.2, -0.15) is 0 Å². The summed E-state index contributed by atoms with van der Waals surface area (Å²) in [5, 5.41) is 0. The Labute approximate surface area is 83.6 Å². The summed E-state index contributed by atoms with van der Waals surface area (Å²) in [5.41, 5.74) is 1.07. The molecule has 3 heteroatoms. The topological polar surface area (TPSA) is 27.7 Å². The van der Waals surface area contributed by atoms with Crippen molar-refractivity contribution in [1.29, 1.82) is 0 Å². The van der Waals surface area contributed by atoms with E-state index in [1.807, 2.05) is 19.1 Å². The molecule has 1 heterocycles. The van der Waals surface area contributed by atoms with Crippen molar-refractivity contribution in [3.05, 3.63) is 17.7 Å². The minimum Gasteiger partial charge on any atom is -0.496 e. The van der Waals surface area contributed by atoms with E-state index in [0.29, 0.717) is 6.61 Å². The second-order valence-corrected chi connectivity index (χ2v) is 3.32. The normalized spacial score (nSPS) is 14.7. The van der Waals surface area contributed by atoms with Gasteiger partial charge in [-0.1, -0.05) is 0 Å². The summed E-state index contributed by atoms with van der Waals surface area (Å²) in [5.74, 6) is 2.44. The largest absolute Gasteiger partial charge is 0.496 e. The molecule has 0 spiro atoms. The van der Waals surface area contributed by atoms with Crippen molar-refractivity contribution in [2.24, 2.45) is 0 Å². The Kier molecular flexibility index (Phi) is 2.48. The molecule has 1 aliphatic rings. The number of benzene rings is 1. The number of rotatable bonds is 1. The summed E-state index contributed by atoms with van der Waals surface area (Å²) in [6.07, 6.45) is 0.927. The first-order valence-corrected chi connectivity index (χ1v) is 4.75. The summed E-state index contributed by atoms with van der Waals surface area (Å²) in [6, 6.07) is 3.84. The Morgan fingerprint density at radius 2 is 1.79 bits per heavy atom. The average molecular weight is 194 g/mol. The van der Waals surface area contributed by atoms with Crippen LogP contribution >= 0.6 is 0 Å². The monoisotopic (exact) mass is 194 g/mol. The molecule has 0 aliphatic carbocycles. The molecule has 0 amide bonds. The molecule has 0 atom stereocenters. The highest BCUT2D eigenvalue weighted by molar-refractivity contribution is 5.50. The van der Waals surface area contributed by atoms with Crippen LogP contribution in [0.5, 0.6) is 17.2 Å². The molecular weight excluding hydrogens is 180 g/mol. The van der Waals surface area contributed by atoms with Crippen LogP contribution in [0.2, 0.25) is 0 Å². The van der Waals surface area contributed by atoms with E-state index < -0.39 is 0 Å². The van der Waals surface area contributed by atoms with Gasteiger partial charge in [-0.25, -0.2) is 0 Å². The van der Waals surface area contributed by atoms with Gasteiger partial charge in [0.25, 0.3) is 0 Å². The molecule has 0 saturated carbocycles. The van der Waals surface area contributed by atoms with Crippen molar-refractivity contribution in [3.8, 4) is 17.2 Å². The molecule has 0 aromatic heterocycles. The first-order valence-electron chi connectivity index (χ1n) is 4.75. The van der Waals surface area contributed by atoms with Gasteiger partial charge in [0.15, 0.2) is 11.5 Å². The smallest absolute Gasteiger partial charge is 0.164 e. The van der Waals surface area contributed by atoms with E-state index in [1.54, 1.807) is 7.11 Å². The standard InChI is InChI=1S/C11H14O3/c1-8-6-10-11(7-9(8)12-2)14-5-3-4-13-10/h6-7H,3-5H2,1-2H3. The van der Waals surface area contributed by atoms with Gasteiger partial charge in [-0.15, -0.1) is 0 Å². The average Bonchev–Trinajstić information content (AvgIpc) is 2.41. The quantitative estimate of drug-likeness (QED) is 0.685. The molecule has 1 aliphatic heterocycles. The Morgan fingerprint density at radius 3 is 2.43 bits per heavy atom. The van der Waals surface area contributed by atoms with Gasteiger partial charge in [0.05, 0.1) is 20.3 Å². The molecule has 3 nitrogen and oxygen atoms in total. The van der Waals surface area contributed by atoms with Crippen LogP contribution in [0.4, 0.5) is 0 Å². The summed E-state index contributed by atoms with van der Waals surface area (Å²) in [4.78, 5) is 0. The summed E-state index contributed by atoms with van der Waals surface area (Å²) in [6.45, 7) is 3.42. The predicted molar refractivity (Wildman–Crippen MR) is 53.3 cm³/mol. The Bertz CT molecular complexity index is 334. The highest BCUT2D eigenvalue weighted by Gasteiger charge is 2.12. The zero-order valence-electron chi connectivity index (χ0n) is 8.50. The molecule has 0 saturated heterocycles. The number of ether oxygens (including phenoxy) is 3. The zero-order valence-corrected chi connectivity index (χ0v) is 8.50. The minimum atomic E-state index is 0.708. The first-order chi connectivity index (χ1) is 6.81. The van der Waals surface area contributed by atoms with Crippen LogP contribution in [-0.2, 0) is 0 Å². The van der Waals surface area contributed by atoms with Crippen LogP contribution in [0.1, 0.15) is 12.0 Å². The molecule has 0 bridgehead atoms. The molecule has 0 fully saturated rings. The molecule has 2 rings (SSSR count). The Morgan fingerprint density at radius 1 is 1.14 bits per heavy atom. The van der Waals surface area contributed by atoms with Crippen LogP contribution in [0.25, 0.3) is 0 Å². The van der Waals surface area contributed by atoms with Crippen molar-refractivity contribution in [2.45, 2.75) is 13.3 Å². The second-order valence-electron chi connectivity index (χ2n) is 3.32. The molecule has 0 unspecified atom stereocenters. The van der Waals surface area contributed by atoms with Gasteiger partial charge in [0.1, 0.15) is 5.75 Å². The van der Waals surface area contributed by atoms with Gasteiger partial charge in [0.2, 0.25) is 0 Å². The SMILES string of the molecule is COc1cc2c(cc1C)OCCCO2. The van der Waals surface area contributed by atoms with E-state index in [4.69, 9.17) is 14.2 Å². The van der Waals surface area contributed by atoms with E-state index in [-0.39, 0.29) is 0 Å². The highest BCUT2D eigenvalue weighted by atomic mass is 16.5. The van der Waals surface area contributed by atoms with Gasteiger partial charge >= 0.3 is 0 Å². The van der Waals surface area contributed by atoms with Crippen LogP contribution in [0.15, 0.2) is 12.1 Å². The summed E-state index contributed by atoms with van der Waals surface area (Å²) >= 11 is 0. The fourth-order valence-electron chi connectivity index (χ4n) is 1.51. The van der Waals surface area contributed by atoms with E-state index in [2.05, 4.69) is 0 Å². The van der Waals surface area contributed by atoms with Crippen molar-refractivity contribution in [2.75, 3.05) is 20.3 Å². The van der Waals surface area contributed by atoms with E-state index in [0.717, 1.165) is 35.8 Å². The number of fused-ring (bicyclic) bond motifs is 1. The maximum Gasteiger partial charge on any atom is 0.164 e. The van der Waals surface area contributed by atoms with Gasteiger partial charge in [-0.05, 0) is 18.6 Å². The first kappa shape index (κ1) is 9.19. The molecule has 1 aromatic carbocycles. The summed E-state index contributed by atoms with van der Waals surface area (Å²) in [7, 11) is 1.66. The highest BCUT2D eigenvalue weighted by Crippen LogP contribution is 2.35. The molecule has 0 N–H and O–H groups in total. The number of hydrogen-bond acceptors (Lipinski definition) is 3. The third-order valence-corrected chi connectivity index (χ3v) is 2.27. The van der Waals surface area contributed by atoms with Gasteiger partial charge < -0.3 is 14.2 Å². The van der Waals surface area contributed by atoms with Crippen molar-refractivity contribution in [3.63, 3.8) is 0 Å². The lowest BCUT2D eigenvalue weighted by atomic mass is 10.2. The molecule has 1 aromatic rings.